The SMILES string of the molecule is Fc1cccc(-c2csc(Br)n2)c1. The van der Waals surface area contributed by atoms with Crippen LogP contribution in [0.5, 0.6) is 0 Å². The van der Waals surface area contributed by atoms with Crippen molar-refractivity contribution in [3.63, 3.8) is 0 Å². The van der Waals surface area contributed by atoms with Gasteiger partial charge in [0.15, 0.2) is 3.92 Å². The molecule has 0 unspecified atom stereocenters. The summed E-state index contributed by atoms with van der Waals surface area (Å²) in [7, 11) is 0. The number of nitrogens with zero attached hydrogens (tertiary/aromatic N) is 1. The first-order valence-corrected chi connectivity index (χ1v) is 5.30. The van der Waals surface area contributed by atoms with Crippen LogP contribution < -0.4 is 0 Å². The van der Waals surface area contributed by atoms with Gasteiger partial charge < -0.3 is 0 Å². The first-order chi connectivity index (χ1) is 6.25. The van der Waals surface area contributed by atoms with Crippen molar-refractivity contribution >= 4 is 27.3 Å². The highest BCUT2D eigenvalue weighted by atomic mass is 79.9. The number of hydrogen-bond acceptors (Lipinski definition) is 2. The van der Waals surface area contributed by atoms with Crippen molar-refractivity contribution in [3.05, 3.63) is 39.4 Å². The minimum atomic E-state index is -0.235. The highest BCUT2D eigenvalue weighted by molar-refractivity contribution is 9.11. The van der Waals surface area contributed by atoms with E-state index >= 15 is 0 Å². The summed E-state index contributed by atoms with van der Waals surface area (Å²) >= 11 is 4.75. The Labute approximate surface area is 87.4 Å². The van der Waals surface area contributed by atoms with Crippen LogP contribution in [0.1, 0.15) is 0 Å². The maximum atomic E-state index is 12.8. The van der Waals surface area contributed by atoms with Crippen LogP contribution in [0.4, 0.5) is 4.39 Å². The highest BCUT2D eigenvalue weighted by Gasteiger charge is 2.02. The van der Waals surface area contributed by atoms with Crippen LogP contribution in [0.2, 0.25) is 0 Å². The number of thiazole rings is 1. The monoisotopic (exact) mass is 257 g/mol. The molecule has 0 fully saturated rings. The average molecular weight is 258 g/mol. The minimum absolute atomic E-state index is 0.235. The van der Waals surface area contributed by atoms with E-state index in [1.165, 1.54) is 23.5 Å². The van der Waals surface area contributed by atoms with Gasteiger partial charge in [-0.25, -0.2) is 9.37 Å². The summed E-state index contributed by atoms with van der Waals surface area (Å²) in [6, 6.07) is 6.41. The molecule has 4 heteroatoms. The van der Waals surface area contributed by atoms with Crippen LogP contribution in [-0.4, -0.2) is 4.98 Å². The Hall–Kier alpha value is -0.740. The lowest BCUT2D eigenvalue weighted by molar-refractivity contribution is 0.628. The van der Waals surface area contributed by atoms with Gasteiger partial charge in [0, 0.05) is 10.9 Å². The molecule has 2 aromatic rings. The Balaban J connectivity index is 2.46. The van der Waals surface area contributed by atoms with E-state index < -0.39 is 0 Å². The normalized spacial score (nSPS) is 10.3. The third-order valence-corrected chi connectivity index (χ3v) is 2.96. The van der Waals surface area contributed by atoms with E-state index in [1.807, 2.05) is 11.4 Å². The van der Waals surface area contributed by atoms with Crippen molar-refractivity contribution in [1.82, 2.24) is 4.98 Å². The Morgan fingerprint density at radius 1 is 1.38 bits per heavy atom. The van der Waals surface area contributed by atoms with Gasteiger partial charge in [0.25, 0.3) is 0 Å². The predicted octanol–water partition coefficient (Wildman–Crippen LogP) is 3.71. The summed E-state index contributed by atoms with van der Waals surface area (Å²) in [5, 5.41) is 1.89. The molecule has 1 nitrogen and oxygen atoms in total. The molecule has 2 rings (SSSR count). The molecule has 0 bridgehead atoms. The molecule has 0 aliphatic rings. The van der Waals surface area contributed by atoms with Crippen LogP contribution in [0.3, 0.4) is 0 Å². The third-order valence-electron chi connectivity index (χ3n) is 1.60. The lowest BCUT2D eigenvalue weighted by Gasteiger charge is -1.94. The maximum absolute atomic E-state index is 12.8. The standard InChI is InChI=1S/C9H5BrFNS/c10-9-12-8(5-13-9)6-2-1-3-7(11)4-6/h1-5H. The maximum Gasteiger partial charge on any atom is 0.159 e. The largest absolute Gasteiger partial charge is 0.229 e. The van der Waals surface area contributed by atoms with Crippen molar-refractivity contribution in [3.8, 4) is 11.3 Å². The summed E-state index contributed by atoms with van der Waals surface area (Å²) in [6.07, 6.45) is 0. The zero-order valence-electron chi connectivity index (χ0n) is 6.50. The zero-order valence-corrected chi connectivity index (χ0v) is 8.90. The van der Waals surface area contributed by atoms with Crippen molar-refractivity contribution in [1.29, 1.82) is 0 Å². The number of aromatic nitrogens is 1. The molecule has 66 valence electrons. The lowest BCUT2D eigenvalue weighted by atomic mass is 10.2. The smallest absolute Gasteiger partial charge is 0.159 e. The number of hydrogen-bond donors (Lipinski definition) is 0. The summed E-state index contributed by atoms with van der Waals surface area (Å²) in [6.45, 7) is 0. The fourth-order valence-corrected chi connectivity index (χ4v) is 2.05. The van der Waals surface area contributed by atoms with Gasteiger partial charge in [-0.1, -0.05) is 12.1 Å². The fraction of sp³-hybridized carbons (Fsp3) is 0. The molecule has 1 heterocycles. The summed E-state index contributed by atoms with van der Waals surface area (Å²) in [4.78, 5) is 4.19. The van der Waals surface area contributed by atoms with Gasteiger partial charge in [-0.05, 0) is 28.1 Å². The number of benzene rings is 1. The molecule has 0 radical (unpaired) electrons. The third kappa shape index (κ3) is 1.95. The zero-order chi connectivity index (χ0) is 9.26. The van der Waals surface area contributed by atoms with Crippen molar-refractivity contribution in [2.75, 3.05) is 0 Å². The van der Waals surface area contributed by atoms with Crippen molar-refractivity contribution < 1.29 is 4.39 Å². The van der Waals surface area contributed by atoms with Crippen LogP contribution in [0.15, 0.2) is 33.6 Å². The summed E-state index contributed by atoms with van der Waals surface area (Å²) in [5.74, 6) is -0.235. The topological polar surface area (TPSA) is 12.9 Å². The molecular weight excluding hydrogens is 253 g/mol. The molecular formula is C9H5BrFNS. The second-order valence-electron chi connectivity index (χ2n) is 2.50. The number of rotatable bonds is 1. The molecule has 1 aromatic carbocycles. The molecule has 0 N–H and O–H groups in total. The summed E-state index contributed by atoms with van der Waals surface area (Å²) in [5.41, 5.74) is 1.61. The quantitative estimate of drug-likeness (QED) is 0.759. The van der Waals surface area contributed by atoms with Crippen molar-refractivity contribution in [2.45, 2.75) is 0 Å². The fourth-order valence-electron chi connectivity index (χ4n) is 1.03. The number of halogens is 2. The molecule has 0 atom stereocenters. The van der Waals surface area contributed by atoms with Gasteiger partial charge in [-0.15, -0.1) is 11.3 Å². The first-order valence-electron chi connectivity index (χ1n) is 3.63. The van der Waals surface area contributed by atoms with Crippen LogP contribution >= 0.6 is 27.3 Å². The molecule has 0 aliphatic carbocycles. The first kappa shape index (κ1) is 8.84. The van der Waals surface area contributed by atoms with Crippen LogP contribution in [0.25, 0.3) is 11.3 Å². The minimum Gasteiger partial charge on any atom is -0.229 e. The Morgan fingerprint density at radius 2 is 2.23 bits per heavy atom. The second kappa shape index (κ2) is 3.55. The molecule has 0 amide bonds. The van der Waals surface area contributed by atoms with Gasteiger partial charge in [-0.2, -0.15) is 0 Å². The van der Waals surface area contributed by atoms with Gasteiger partial charge in [0.2, 0.25) is 0 Å². The lowest BCUT2D eigenvalue weighted by Crippen LogP contribution is -1.78. The molecule has 13 heavy (non-hydrogen) atoms. The molecule has 0 aliphatic heterocycles. The molecule has 0 saturated heterocycles. The van der Waals surface area contributed by atoms with Crippen molar-refractivity contribution in [2.24, 2.45) is 0 Å². The van der Waals surface area contributed by atoms with E-state index in [1.54, 1.807) is 6.07 Å². The van der Waals surface area contributed by atoms with Gasteiger partial charge in [-0.3, -0.25) is 0 Å². The van der Waals surface area contributed by atoms with Gasteiger partial charge >= 0.3 is 0 Å². The molecule has 0 saturated carbocycles. The Morgan fingerprint density at radius 3 is 2.85 bits per heavy atom. The molecule has 1 aromatic heterocycles. The highest BCUT2D eigenvalue weighted by Crippen LogP contribution is 2.25. The van der Waals surface area contributed by atoms with E-state index in [4.69, 9.17) is 0 Å². The van der Waals surface area contributed by atoms with Crippen LogP contribution in [0, 0.1) is 5.82 Å². The molecule has 0 spiro atoms. The van der Waals surface area contributed by atoms with E-state index in [-0.39, 0.29) is 5.82 Å². The van der Waals surface area contributed by atoms with Gasteiger partial charge in [0.1, 0.15) is 5.82 Å². The van der Waals surface area contributed by atoms with E-state index in [0.717, 1.165) is 15.2 Å². The van der Waals surface area contributed by atoms with Gasteiger partial charge in [0.05, 0.1) is 5.69 Å². The van der Waals surface area contributed by atoms with E-state index in [9.17, 15) is 4.39 Å². The summed E-state index contributed by atoms with van der Waals surface area (Å²) < 4.78 is 13.6. The van der Waals surface area contributed by atoms with E-state index in [2.05, 4.69) is 20.9 Å². The average Bonchev–Trinajstić information content (AvgIpc) is 2.52. The predicted molar refractivity (Wildman–Crippen MR) is 55.2 cm³/mol. The van der Waals surface area contributed by atoms with E-state index in [0.29, 0.717) is 0 Å². The Bertz CT molecular complexity index is 427. The second-order valence-corrected chi connectivity index (χ2v) is 4.63. The Kier molecular flexibility index (Phi) is 2.42. The van der Waals surface area contributed by atoms with Crippen LogP contribution in [-0.2, 0) is 0 Å².